The number of carbonyl (C=O) groups is 2. The number of rotatable bonds is 16. The summed E-state index contributed by atoms with van der Waals surface area (Å²) in [5.41, 5.74) is 3.02. The molecule has 0 spiro atoms. The van der Waals surface area contributed by atoms with Gasteiger partial charge < -0.3 is 19.7 Å². The fourth-order valence-electron chi connectivity index (χ4n) is 5.40. The molecule has 252 valence electrons. The average Bonchev–Trinajstić information content (AvgIpc) is 3.91. The molecule has 0 heterocycles. The normalized spacial score (nSPS) is 13.4. The van der Waals surface area contributed by atoms with E-state index in [1.165, 1.54) is 17.0 Å². The fraction of sp³-hybridized carbons (Fsp3) is 0.297. The molecule has 1 aliphatic rings. The van der Waals surface area contributed by atoms with Gasteiger partial charge >= 0.3 is 0 Å². The first-order valence-electron chi connectivity index (χ1n) is 15.9. The van der Waals surface area contributed by atoms with Gasteiger partial charge in [-0.1, -0.05) is 60.7 Å². The number of methoxy groups -OCH3 is 2. The number of aryl methyl sites for hydroxylation is 1. The molecule has 1 atom stereocenters. The van der Waals surface area contributed by atoms with Crippen molar-refractivity contribution in [3.05, 3.63) is 125 Å². The molecule has 48 heavy (non-hydrogen) atoms. The van der Waals surface area contributed by atoms with Gasteiger partial charge in [0.25, 0.3) is 0 Å². The van der Waals surface area contributed by atoms with Crippen LogP contribution in [0, 0.1) is 5.82 Å². The minimum Gasteiger partial charge on any atom is -0.493 e. The van der Waals surface area contributed by atoms with Crippen LogP contribution in [0.25, 0.3) is 0 Å². The van der Waals surface area contributed by atoms with Crippen molar-refractivity contribution in [3.63, 3.8) is 0 Å². The van der Waals surface area contributed by atoms with Crippen molar-refractivity contribution in [2.75, 3.05) is 20.8 Å². The predicted molar refractivity (Wildman–Crippen MR) is 180 cm³/mol. The van der Waals surface area contributed by atoms with Crippen LogP contribution in [-0.4, -0.2) is 51.9 Å². The number of nitrogens with one attached hydrogen (secondary N) is 2. The monoisotopic (exact) mass is 673 g/mol. The molecule has 0 bridgehead atoms. The largest absolute Gasteiger partial charge is 0.493 e. The smallest absolute Gasteiger partial charge is 0.247 e. The van der Waals surface area contributed by atoms with Crippen LogP contribution >= 0.6 is 0 Å². The number of nitrogens with zero attached hydrogens (tertiary/aromatic N) is 1. The highest BCUT2D eigenvalue weighted by atomic mass is 32.2. The van der Waals surface area contributed by atoms with Crippen LogP contribution in [0.15, 0.2) is 102 Å². The summed E-state index contributed by atoms with van der Waals surface area (Å²) in [6, 6.07) is 26.0. The van der Waals surface area contributed by atoms with E-state index in [1.54, 1.807) is 62.8 Å². The van der Waals surface area contributed by atoms with Crippen molar-refractivity contribution in [1.29, 1.82) is 0 Å². The second-order valence-electron chi connectivity index (χ2n) is 11.7. The Morgan fingerprint density at radius 1 is 0.833 bits per heavy atom. The Bertz CT molecular complexity index is 1800. The predicted octanol–water partition coefficient (Wildman–Crippen LogP) is 5.35. The molecule has 0 saturated heterocycles. The number of ether oxygens (including phenoxy) is 2. The summed E-state index contributed by atoms with van der Waals surface area (Å²) in [5.74, 6) is 0.161. The van der Waals surface area contributed by atoms with Gasteiger partial charge in [-0.05, 0) is 84.3 Å². The van der Waals surface area contributed by atoms with E-state index in [0.717, 1.165) is 24.0 Å². The second-order valence-corrected chi connectivity index (χ2v) is 13.4. The molecule has 0 aromatic heterocycles. The Hall–Kier alpha value is -4.74. The molecule has 11 heteroatoms. The number of benzene rings is 4. The minimum atomic E-state index is -3.59. The van der Waals surface area contributed by atoms with Crippen molar-refractivity contribution < 1.29 is 31.9 Å². The summed E-state index contributed by atoms with van der Waals surface area (Å²) >= 11 is 0. The standard InChI is InChI=1S/C37H40FN3O6S/c1-46-33-20-12-27(24-34(33)47-2)22-23-39-37(43)36(29-6-4-3-5-7-29)41(25-28-8-14-30(38)15-9-28)35(42)21-13-26-10-18-32(19-11-26)48(44,45)40-31-16-17-31/h3-12,14-15,18-20,24,31,36,40H,13,16-17,21-23,25H2,1-2H3,(H,39,43)/t36-/m0/s1. The Morgan fingerprint density at radius 3 is 2.12 bits per heavy atom. The first-order chi connectivity index (χ1) is 23.2. The van der Waals surface area contributed by atoms with Crippen molar-refractivity contribution in [3.8, 4) is 11.5 Å². The van der Waals surface area contributed by atoms with E-state index in [-0.39, 0.29) is 35.7 Å². The maximum absolute atomic E-state index is 14.0. The minimum absolute atomic E-state index is 0.000100. The topological polar surface area (TPSA) is 114 Å². The van der Waals surface area contributed by atoms with Crippen molar-refractivity contribution in [2.45, 2.75) is 55.6 Å². The van der Waals surface area contributed by atoms with Crippen LogP contribution in [-0.2, 0) is 39.0 Å². The number of amides is 2. The first-order valence-corrected chi connectivity index (χ1v) is 17.3. The summed E-state index contributed by atoms with van der Waals surface area (Å²) in [6.45, 7) is 0.382. The summed E-state index contributed by atoms with van der Waals surface area (Å²) in [7, 11) is -0.458. The van der Waals surface area contributed by atoms with Crippen LogP contribution in [0.2, 0.25) is 0 Å². The van der Waals surface area contributed by atoms with E-state index in [9.17, 15) is 22.4 Å². The van der Waals surface area contributed by atoms with Gasteiger partial charge in [-0.25, -0.2) is 17.5 Å². The Kier molecular flexibility index (Phi) is 11.5. The van der Waals surface area contributed by atoms with Gasteiger partial charge in [0.15, 0.2) is 11.5 Å². The zero-order chi connectivity index (χ0) is 34.1. The lowest BCUT2D eigenvalue weighted by Crippen LogP contribution is -2.44. The SMILES string of the molecule is COc1ccc(CCNC(=O)[C@H](c2ccccc2)N(Cc2ccc(F)cc2)C(=O)CCc2ccc(S(=O)(=O)NC3CC3)cc2)cc1OC. The number of hydrogen-bond acceptors (Lipinski definition) is 6. The summed E-state index contributed by atoms with van der Waals surface area (Å²) < 4.78 is 52.3. The maximum atomic E-state index is 14.0. The number of sulfonamides is 1. The zero-order valence-corrected chi connectivity index (χ0v) is 27.8. The molecule has 0 unspecified atom stereocenters. The fourth-order valence-corrected chi connectivity index (χ4v) is 6.70. The molecular formula is C37H40FN3O6S. The van der Waals surface area contributed by atoms with Gasteiger partial charge in [0.05, 0.1) is 19.1 Å². The van der Waals surface area contributed by atoms with Crippen molar-refractivity contribution in [1.82, 2.24) is 14.9 Å². The molecule has 2 amide bonds. The van der Waals surface area contributed by atoms with E-state index >= 15 is 0 Å². The van der Waals surface area contributed by atoms with Gasteiger partial charge in [-0.2, -0.15) is 0 Å². The van der Waals surface area contributed by atoms with E-state index < -0.39 is 21.9 Å². The Labute approximate surface area is 281 Å². The zero-order valence-electron chi connectivity index (χ0n) is 27.0. The van der Waals surface area contributed by atoms with E-state index in [4.69, 9.17) is 9.47 Å². The lowest BCUT2D eigenvalue weighted by molar-refractivity contribution is -0.141. The van der Waals surface area contributed by atoms with Crippen LogP contribution in [0.3, 0.4) is 0 Å². The van der Waals surface area contributed by atoms with E-state index in [1.807, 2.05) is 36.4 Å². The lowest BCUT2D eigenvalue weighted by Gasteiger charge is -2.32. The lowest BCUT2D eigenvalue weighted by atomic mass is 10.0. The van der Waals surface area contributed by atoms with Crippen molar-refractivity contribution in [2.24, 2.45) is 0 Å². The maximum Gasteiger partial charge on any atom is 0.247 e. The highest BCUT2D eigenvalue weighted by Gasteiger charge is 2.32. The summed E-state index contributed by atoms with van der Waals surface area (Å²) in [5, 5.41) is 3.01. The van der Waals surface area contributed by atoms with Crippen molar-refractivity contribution >= 4 is 21.8 Å². The third-order valence-electron chi connectivity index (χ3n) is 8.18. The van der Waals surface area contributed by atoms with Gasteiger partial charge in [0.2, 0.25) is 21.8 Å². The molecule has 1 saturated carbocycles. The molecule has 0 radical (unpaired) electrons. The van der Waals surface area contributed by atoms with Gasteiger partial charge in [0, 0.05) is 25.6 Å². The summed E-state index contributed by atoms with van der Waals surface area (Å²) in [4.78, 5) is 29.7. The molecule has 2 N–H and O–H groups in total. The quantitative estimate of drug-likeness (QED) is 0.166. The highest BCUT2D eigenvalue weighted by molar-refractivity contribution is 7.89. The molecular weight excluding hydrogens is 633 g/mol. The Morgan fingerprint density at radius 2 is 1.48 bits per heavy atom. The molecule has 5 rings (SSSR count). The first kappa shape index (κ1) is 34.6. The van der Waals surface area contributed by atoms with E-state index in [0.29, 0.717) is 42.0 Å². The molecule has 0 aliphatic heterocycles. The average molecular weight is 674 g/mol. The van der Waals surface area contributed by atoms with Crippen LogP contribution in [0.1, 0.15) is 47.6 Å². The van der Waals surface area contributed by atoms with Crippen LogP contribution < -0.4 is 19.5 Å². The Balaban J connectivity index is 1.34. The van der Waals surface area contributed by atoms with Gasteiger partial charge in [-0.15, -0.1) is 0 Å². The molecule has 4 aromatic rings. The third kappa shape index (κ3) is 9.20. The third-order valence-corrected chi connectivity index (χ3v) is 9.72. The molecule has 1 fully saturated rings. The number of halogens is 1. The van der Waals surface area contributed by atoms with E-state index in [2.05, 4.69) is 10.0 Å². The van der Waals surface area contributed by atoms with Crippen LogP contribution in [0.5, 0.6) is 11.5 Å². The molecule has 9 nitrogen and oxygen atoms in total. The molecule has 4 aromatic carbocycles. The summed E-state index contributed by atoms with van der Waals surface area (Å²) in [6.07, 6.45) is 2.59. The van der Waals surface area contributed by atoms with Gasteiger partial charge in [0.1, 0.15) is 11.9 Å². The number of hydrogen-bond donors (Lipinski definition) is 2. The molecule has 1 aliphatic carbocycles. The highest BCUT2D eigenvalue weighted by Crippen LogP contribution is 2.29. The second kappa shape index (κ2) is 15.9. The number of carbonyl (C=O) groups excluding carboxylic acids is 2. The van der Waals surface area contributed by atoms with Crippen LogP contribution in [0.4, 0.5) is 4.39 Å². The van der Waals surface area contributed by atoms with Gasteiger partial charge in [-0.3, -0.25) is 9.59 Å².